The zero-order valence-corrected chi connectivity index (χ0v) is 11.8. The van der Waals surface area contributed by atoms with Gasteiger partial charge in [0.05, 0.1) is 19.0 Å². The van der Waals surface area contributed by atoms with Crippen molar-refractivity contribution in [1.29, 1.82) is 0 Å². The van der Waals surface area contributed by atoms with Gasteiger partial charge in [-0.15, -0.1) is 0 Å². The monoisotopic (exact) mass is 274 g/mol. The molecular formula is C14H18N4O2. The van der Waals surface area contributed by atoms with Gasteiger partial charge in [-0.3, -0.25) is 4.68 Å². The van der Waals surface area contributed by atoms with Crippen LogP contribution in [0, 0.1) is 0 Å². The van der Waals surface area contributed by atoms with Crippen LogP contribution in [-0.4, -0.2) is 34.9 Å². The molecule has 2 amide bonds. The Labute approximate surface area is 118 Å². The number of carbonyl (C=O) groups excluding carboxylic acids is 1. The van der Waals surface area contributed by atoms with Crippen LogP contribution in [0.3, 0.4) is 0 Å². The maximum atomic E-state index is 12.0. The lowest BCUT2D eigenvalue weighted by Gasteiger charge is -2.17. The number of aryl methyl sites for hydroxylation is 1. The van der Waals surface area contributed by atoms with Gasteiger partial charge in [-0.05, 0) is 17.7 Å². The first kappa shape index (κ1) is 13.9. The van der Waals surface area contributed by atoms with E-state index in [9.17, 15) is 4.79 Å². The number of anilines is 1. The summed E-state index contributed by atoms with van der Waals surface area (Å²) in [6, 6.07) is 7.46. The molecule has 0 radical (unpaired) electrons. The molecule has 20 heavy (non-hydrogen) atoms. The molecule has 0 aliphatic rings. The number of hydrogen-bond acceptors (Lipinski definition) is 3. The predicted octanol–water partition coefficient (Wildman–Crippen LogP) is 2.09. The number of amides is 2. The highest BCUT2D eigenvalue weighted by Crippen LogP contribution is 2.13. The summed E-state index contributed by atoms with van der Waals surface area (Å²) in [5, 5.41) is 6.79. The molecule has 2 aromatic rings. The molecule has 0 atom stereocenters. The van der Waals surface area contributed by atoms with Crippen LogP contribution < -0.4 is 10.1 Å². The second kappa shape index (κ2) is 6.10. The molecule has 0 fully saturated rings. The standard InChI is InChI=1S/C14H18N4O2/c1-17(9-11-4-6-13(20-3)7-5-11)14(19)16-12-8-15-18(2)10-12/h4-8,10H,9H2,1-3H3,(H,16,19). The number of nitrogens with zero attached hydrogens (tertiary/aromatic N) is 3. The van der Waals surface area contributed by atoms with Crippen LogP contribution in [0.4, 0.5) is 10.5 Å². The second-order valence-electron chi connectivity index (χ2n) is 4.54. The number of carbonyl (C=O) groups is 1. The Bertz CT molecular complexity index is 577. The van der Waals surface area contributed by atoms with Crippen LogP contribution in [0.1, 0.15) is 5.56 Å². The van der Waals surface area contributed by atoms with Crippen LogP contribution in [0.2, 0.25) is 0 Å². The molecule has 1 N–H and O–H groups in total. The van der Waals surface area contributed by atoms with Gasteiger partial charge in [0.15, 0.2) is 0 Å². The molecule has 0 unspecified atom stereocenters. The van der Waals surface area contributed by atoms with Crippen molar-refractivity contribution < 1.29 is 9.53 Å². The van der Waals surface area contributed by atoms with E-state index >= 15 is 0 Å². The van der Waals surface area contributed by atoms with E-state index in [2.05, 4.69) is 10.4 Å². The minimum absolute atomic E-state index is 0.172. The zero-order chi connectivity index (χ0) is 14.5. The average molecular weight is 274 g/mol. The van der Waals surface area contributed by atoms with Gasteiger partial charge < -0.3 is 15.0 Å². The minimum atomic E-state index is -0.172. The predicted molar refractivity (Wildman–Crippen MR) is 76.7 cm³/mol. The summed E-state index contributed by atoms with van der Waals surface area (Å²) in [5.41, 5.74) is 1.72. The third kappa shape index (κ3) is 3.50. The fourth-order valence-electron chi connectivity index (χ4n) is 1.78. The maximum Gasteiger partial charge on any atom is 0.321 e. The minimum Gasteiger partial charge on any atom is -0.497 e. The molecule has 6 nitrogen and oxygen atoms in total. The van der Waals surface area contributed by atoms with Gasteiger partial charge in [0.2, 0.25) is 0 Å². The third-order valence-corrected chi connectivity index (χ3v) is 2.88. The summed E-state index contributed by atoms with van der Waals surface area (Å²) in [6.45, 7) is 0.524. The largest absolute Gasteiger partial charge is 0.497 e. The number of ether oxygens (including phenoxy) is 1. The van der Waals surface area contributed by atoms with Crippen molar-refractivity contribution >= 4 is 11.7 Å². The Kier molecular flexibility index (Phi) is 4.24. The highest BCUT2D eigenvalue weighted by Gasteiger charge is 2.10. The van der Waals surface area contributed by atoms with Crippen LogP contribution in [-0.2, 0) is 13.6 Å². The topological polar surface area (TPSA) is 59.4 Å². The molecule has 1 aromatic carbocycles. The van der Waals surface area contributed by atoms with Crippen molar-refractivity contribution in [3.05, 3.63) is 42.2 Å². The van der Waals surface area contributed by atoms with Crippen LogP contribution in [0.25, 0.3) is 0 Å². The number of rotatable bonds is 4. The molecule has 0 saturated carbocycles. The van der Waals surface area contributed by atoms with E-state index in [1.54, 1.807) is 43.2 Å². The van der Waals surface area contributed by atoms with Crippen molar-refractivity contribution in [2.45, 2.75) is 6.54 Å². The Morgan fingerprint density at radius 3 is 2.65 bits per heavy atom. The van der Waals surface area contributed by atoms with Crippen LogP contribution in [0.15, 0.2) is 36.7 Å². The van der Waals surface area contributed by atoms with E-state index in [4.69, 9.17) is 4.74 Å². The van der Waals surface area contributed by atoms with Gasteiger partial charge in [-0.25, -0.2) is 4.79 Å². The van der Waals surface area contributed by atoms with Gasteiger partial charge in [0.25, 0.3) is 0 Å². The molecule has 1 heterocycles. The third-order valence-electron chi connectivity index (χ3n) is 2.88. The number of benzene rings is 1. The van der Waals surface area contributed by atoms with Gasteiger partial charge in [0, 0.05) is 26.8 Å². The normalized spacial score (nSPS) is 10.2. The number of nitrogens with one attached hydrogen (secondary N) is 1. The average Bonchev–Trinajstić information content (AvgIpc) is 2.85. The Morgan fingerprint density at radius 2 is 2.10 bits per heavy atom. The molecule has 0 aliphatic carbocycles. The van der Waals surface area contributed by atoms with E-state index in [-0.39, 0.29) is 6.03 Å². The first-order chi connectivity index (χ1) is 9.58. The van der Waals surface area contributed by atoms with E-state index < -0.39 is 0 Å². The van der Waals surface area contributed by atoms with Crippen molar-refractivity contribution in [2.24, 2.45) is 7.05 Å². The second-order valence-corrected chi connectivity index (χ2v) is 4.54. The Hall–Kier alpha value is -2.50. The Morgan fingerprint density at radius 1 is 1.40 bits per heavy atom. The number of hydrogen-bond donors (Lipinski definition) is 1. The van der Waals surface area contributed by atoms with Crippen molar-refractivity contribution in [3.8, 4) is 5.75 Å². The van der Waals surface area contributed by atoms with Crippen molar-refractivity contribution in [1.82, 2.24) is 14.7 Å². The highest BCUT2D eigenvalue weighted by atomic mass is 16.5. The molecular weight excluding hydrogens is 256 g/mol. The molecule has 0 spiro atoms. The molecule has 6 heteroatoms. The summed E-state index contributed by atoms with van der Waals surface area (Å²) in [6.07, 6.45) is 3.36. The SMILES string of the molecule is COc1ccc(CN(C)C(=O)Nc2cnn(C)c2)cc1. The van der Waals surface area contributed by atoms with Gasteiger partial charge in [-0.1, -0.05) is 12.1 Å². The number of aromatic nitrogens is 2. The molecule has 106 valence electrons. The highest BCUT2D eigenvalue weighted by molar-refractivity contribution is 5.88. The lowest BCUT2D eigenvalue weighted by Crippen LogP contribution is -2.30. The van der Waals surface area contributed by atoms with Gasteiger partial charge in [-0.2, -0.15) is 5.10 Å². The van der Waals surface area contributed by atoms with Crippen LogP contribution >= 0.6 is 0 Å². The molecule has 0 bridgehead atoms. The summed E-state index contributed by atoms with van der Waals surface area (Å²) >= 11 is 0. The van der Waals surface area contributed by atoms with Gasteiger partial charge in [0.1, 0.15) is 5.75 Å². The van der Waals surface area contributed by atoms with E-state index in [0.717, 1.165) is 11.3 Å². The summed E-state index contributed by atoms with van der Waals surface area (Å²) in [7, 11) is 5.18. The van der Waals surface area contributed by atoms with E-state index in [1.165, 1.54) is 0 Å². The molecule has 0 aliphatic heterocycles. The molecule has 2 rings (SSSR count). The first-order valence-electron chi connectivity index (χ1n) is 6.22. The Balaban J connectivity index is 1.92. The smallest absolute Gasteiger partial charge is 0.321 e. The van der Waals surface area contributed by atoms with E-state index in [0.29, 0.717) is 12.2 Å². The number of urea groups is 1. The summed E-state index contributed by atoms with van der Waals surface area (Å²) in [5.74, 6) is 0.802. The lowest BCUT2D eigenvalue weighted by molar-refractivity contribution is 0.220. The van der Waals surface area contributed by atoms with Crippen molar-refractivity contribution in [2.75, 3.05) is 19.5 Å². The zero-order valence-electron chi connectivity index (χ0n) is 11.8. The van der Waals surface area contributed by atoms with E-state index in [1.807, 2.05) is 24.3 Å². The fraction of sp³-hybridized carbons (Fsp3) is 0.286. The summed E-state index contributed by atoms with van der Waals surface area (Å²) in [4.78, 5) is 13.6. The lowest BCUT2D eigenvalue weighted by atomic mass is 10.2. The van der Waals surface area contributed by atoms with Crippen LogP contribution in [0.5, 0.6) is 5.75 Å². The summed E-state index contributed by atoms with van der Waals surface area (Å²) < 4.78 is 6.74. The first-order valence-corrected chi connectivity index (χ1v) is 6.22. The molecule has 0 saturated heterocycles. The molecule has 1 aromatic heterocycles. The quantitative estimate of drug-likeness (QED) is 0.928. The van der Waals surface area contributed by atoms with Gasteiger partial charge >= 0.3 is 6.03 Å². The fourth-order valence-corrected chi connectivity index (χ4v) is 1.78. The number of methoxy groups -OCH3 is 1. The maximum absolute atomic E-state index is 12.0. The van der Waals surface area contributed by atoms with Crippen molar-refractivity contribution in [3.63, 3.8) is 0 Å².